The lowest BCUT2D eigenvalue weighted by atomic mass is 10.1. The van der Waals surface area contributed by atoms with E-state index in [0.717, 1.165) is 0 Å². The van der Waals surface area contributed by atoms with Crippen LogP contribution in [-0.2, 0) is 10.0 Å². The van der Waals surface area contributed by atoms with Crippen molar-refractivity contribution in [3.8, 4) is 11.5 Å². The van der Waals surface area contributed by atoms with Crippen molar-refractivity contribution in [3.05, 3.63) is 60.3 Å². The number of anilines is 1. The lowest BCUT2D eigenvalue weighted by Crippen LogP contribution is -2.24. The van der Waals surface area contributed by atoms with E-state index in [1.54, 1.807) is 18.2 Å². The van der Waals surface area contributed by atoms with Crippen molar-refractivity contribution in [2.45, 2.75) is 4.90 Å². The third kappa shape index (κ3) is 5.24. The molecule has 0 fully saturated rings. The second kappa shape index (κ2) is 8.91. The zero-order valence-corrected chi connectivity index (χ0v) is 16.1. The van der Waals surface area contributed by atoms with Crippen LogP contribution in [0.1, 0.15) is 10.4 Å². The fourth-order valence-electron chi connectivity index (χ4n) is 2.21. The van der Waals surface area contributed by atoms with Crippen LogP contribution < -0.4 is 26.3 Å². The van der Waals surface area contributed by atoms with Crippen LogP contribution in [0, 0.1) is 0 Å². The number of methoxy groups -OCH3 is 2. The number of allylic oxidation sites excluding steroid dienone is 1. The van der Waals surface area contributed by atoms with E-state index >= 15 is 0 Å². The van der Waals surface area contributed by atoms with E-state index in [4.69, 9.17) is 20.9 Å². The number of rotatable bonds is 8. The average molecular weight is 404 g/mol. The number of sulfonamides is 1. The van der Waals surface area contributed by atoms with E-state index in [2.05, 4.69) is 9.71 Å². The number of nitrogens with one attached hydrogen (secondary N) is 1. The van der Waals surface area contributed by atoms with Gasteiger partial charge in [-0.1, -0.05) is 0 Å². The van der Waals surface area contributed by atoms with Gasteiger partial charge in [0.05, 0.1) is 19.1 Å². The van der Waals surface area contributed by atoms with Gasteiger partial charge in [-0.25, -0.2) is 0 Å². The fourth-order valence-corrected chi connectivity index (χ4v) is 3.08. The molecule has 0 aliphatic carbocycles. The number of guanidine groups is 1. The Labute approximate surface area is 162 Å². The fraction of sp³-hybridized carbons (Fsp3) is 0.111. The molecule has 0 aliphatic rings. The third-order valence-electron chi connectivity index (χ3n) is 3.53. The summed E-state index contributed by atoms with van der Waals surface area (Å²) in [7, 11) is -0.945. The highest BCUT2D eigenvalue weighted by molar-refractivity contribution is 7.90. The molecule has 2 rings (SSSR count). The first-order valence-electron chi connectivity index (χ1n) is 7.92. The number of nitrogens with zero attached hydrogens (tertiary/aromatic N) is 1. The molecule has 0 atom stereocenters. The number of carbonyl (C=O) groups excluding carboxylic acids is 1. The van der Waals surface area contributed by atoms with Crippen LogP contribution in [0.5, 0.6) is 11.5 Å². The summed E-state index contributed by atoms with van der Waals surface area (Å²) in [6.07, 6.45) is 2.78. The summed E-state index contributed by atoms with van der Waals surface area (Å²) >= 11 is 0. The summed E-state index contributed by atoms with van der Waals surface area (Å²) in [5.74, 6) is 0.184. The van der Waals surface area contributed by atoms with Gasteiger partial charge in [0.2, 0.25) is 5.96 Å². The van der Waals surface area contributed by atoms with Gasteiger partial charge < -0.3 is 26.3 Å². The van der Waals surface area contributed by atoms with E-state index in [1.807, 2.05) is 0 Å². The van der Waals surface area contributed by atoms with Gasteiger partial charge in [-0.3, -0.25) is 4.79 Å². The topological polar surface area (TPSA) is 146 Å². The molecule has 0 spiro atoms. The van der Waals surface area contributed by atoms with Gasteiger partial charge in [-0.15, -0.1) is 4.40 Å². The Hall–Kier alpha value is -3.53. The van der Waals surface area contributed by atoms with Crippen LogP contribution in [0.4, 0.5) is 5.69 Å². The predicted molar refractivity (Wildman–Crippen MR) is 106 cm³/mol. The van der Waals surface area contributed by atoms with Gasteiger partial charge in [0.25, 0.3) is 10.0 Å². The quantitative estimate of drug-likeness (QED) is 0.259. The maximum absolute atomic E-state index is 12.3. The largest absolute Gasteiger partial charge is 0.493 e. The molecule has 0 aliphatic heterocycles. The molecule has 28 heavy (non-hydrogen) atoms. The van der Waals surface area contributed by atoms with Crippen LogP contribution >= 0.6 is 0 Å². The summed E-state index contributed by atoms with van der Waals surface area (Å²) < 4.78 is 37.2. The van der Waals surface area contributed by atoms with Crippen LogP contribution in [0.15, 0.2) is 64.0 Å². The molecule has 2 aromatic carbocycles. The SMILES string of the molecule is COc1ccc(C(=O)/C=C\Nc2ccc(S(=O)(=O)N=C(N)N)cc2)cc1OC. The van der Waals surface area contributed by atoms with E-state index < -0.39 is 16.0 Å². The smallest absolute Gasteiger partial charge is 0.285 e. The molecular formula is C18H20N4O5S. The van der Waals surface area contributed by atoms with E-state index in [0.29, 0.717) is 22.7 Å². The summed E-state index contributed by atoms with van der Waals surface area (Å²) in [5.41, 5.74) is 11.2. The number of hydrogen-bond acceptors (Lipinski definition) is 6. The van der Waals surface area contributed by atoms with Crippen LogP contribution in [0.3, 0.4) is 0 Å². The third-order valence-corrected chi connectivity index (χ3v) is 4.85. The van der Waals surface area contributed by atoms with Gasteiger partial charge in [0, 0.05) is 23.5 Å². The average Bonchev–Trinajstić information content (AvgIpc) is 2.66. The first-order chi connectivity index (χ1) is 13.3. The Morgan fingerprint density at radius 1 is 1.04 bits per heavy atom. The highest BCUT2D eigenvalue weighted by Gasteiger charge is 2.12. The van der Waals surface area contributed by atoms with Crippen molar-refractivity contribution in [3.63, 3.8) is 0 Å². The summed E-state index contributed by atoms with van der Waals surface area (Å²) in [5, 5.41) is 2.88. The Morgan fingerprint density at radius 2 is 1.68 bits per heavy atom. The minimum atomic E-state index is -3.94. The molecule has 5 N–H and O–H groups in total. The molecule has 0 saturated heterocycles. The zero-order chi connectivity index (χ0) is 20.7. The molecule has 148 valence electrons. The maximum atomic E-state index is 12.3. The van der Waals surface area contributed by atoms with Crippen molar-refractivity contribution in [2.75, 3.05) is 19.5 Å². The normalized spacial score (nSPS) is 11.1. The van der Waals surface area contributed by atoms with E-state index in [-0.39, 0.29) is 10.7 Å². The molecule has 0 heterocycles. The molecule has 2 aromatic rings. The molecule has 0 saturated carbocycles. The number of nitrogens with two attached hydrogens (primary N) is 2. The van der Waals surface area contributed by atoms with Gasteiger partial charge in [0.15, 0.2) is 17.3 Å². The molecule has 9 nitrogen and oxygen atoms in total. The van der Waals surface area contributed by atoms with Gasteiger partial charge in [0.1, 0.15) is 0 Å². The Balaban J connectivity index is 2.07. The van der Waals surface area contributed by atoms with Gasteiger partial charge in [-0.05, 0) is 42.5 Å². The number of carbonyl (C=O) groups is 1. The number of ether oxygens (including phenoxy) is 2. The van der Waals surface area contributed by atoms with Crippen molar-refractivity contribution in [1.82, 2.24) is 0 Å². The number of ketones is 1. The Morgan fingerprint density at radius 3 is 2.25 bits per heavy atom. The Kier molecular flexibility index (Phi) is 6.61. The molecule has 0 aromatic heterocycles. The minimum Gasteiger partial charge on any atom is -0.493 e. The summed E-state index contributed by atoms with van der Waals surface area (Å²) in [6.45, 7) is 0. The maximum Gasteiger partial charge on any atom is 0.285 e. The molecular weight excluding hydrogens is 384 g/mol. The standard InChI is InChI=1S/C18H20N4O5S/c1-26-16-8-3-12(11-17(16)27-2)15(23)9-10-21-13-4-6-14(7-5-13)28(24,25)22-18(19)20/h3-11,21H,1-2H3,(H4,19,20,22)/b10-9-. The lowest BCUT2D eigenvalue weighted by molar-refractivity contribution is 0.104. The van der Waals surface area contributed by atoms with Gasteiger partial charge >= 0.3 is 0 Å². The summed E-state index contributed by atoms with van der Waals surface area (Å²) in [4.78, 5) is 12.2. The van der Waals surface area contributed by atoms with E-state index in [9.17, 15) is 13.2 Å². The minimum absolute atomic E-state index is 0.0585. The van der Waals surface area contributed by atoms with Crippen molar-refractivity contribution in [2.24, 2.45) is 15.9 Å². The van der Waals surface area contributed by atoms with Crippen molar-refractivity contribution < 1.29 is 22.7 Å². The predicted octanol–water partition coefficient (Wildman–Crippen LogP) is 1.47. The Bertz CT molecular complexity index is 1010. The number of hydrogen-bond donors (Lipinski definition) is 3. The zero-order valence-electron chi connectivity index (χ0n) is 15.2. The second-order valence-electron chi connectivity index (χ2n) is 5.43. The second-order valence-corrected chi connectivity index (χ2v) is 7.03. The van der Waals surface area contributed by atoms with Crippen LogP contribution in [0.2, 0.25) is 0 Å². The van der Waals surface area contributed by atoms with Crippen molar-refractivity contribution >= 4 is 27.5 Å². The highest BCUT2D eigenvalue weighted by atomic mass is 32.2. The molecule has 10 heteroatoms. The molecule has 0 radical (unpaired) electrons. The van der Waals surface area contributed by atoms with Crippen molar-refractivity contribution in [1.29, 1.82) is 0 Å². The summed E-state index contributed by atoms with van der Waals surface area (Å²) in [6, 6.07) is 10.6. The first kappa shape index (κ1) is 20.8. The molecule has 0 bridgehead atoms. The van der Waals surface area contributed by atoms with Crippen LogP contribution in [-0.4, -0.2) is 34.4 Å². The first-order valence-corrected chi connectivity index (χ1v) is 9.36. The van der Waals surface area contributed by atoms with Gasteiger partial charge in [-0.2, -0.15) is 8.42 Å². The molecule has 0 amide bonds. The highest BCUT2D eigenvalue weighted by Crippen LogP contribution is 2.27. The lowest BCUT2D eigenvalue weighted by Gasteiger charge is -2.08. The van der Waals surface area contributed by atoms with Crippen LogP contribution in [0.25, 0.3) is 0 Å². The molecule has 0 unspecified atom stereocenters. The number of benzene rings is 2. The van der Waals surface area contributed by atoms with E-state index in [1.165, 1.54) is 50.8 Å². The monoisotopic (exact) mass is 404 g/mol.